The van der Waals surface area contributed by atoms with Crippen LogP contribution in [0.3, 0.4) is 0 Å². The van der Waals surface area contributed by atoms with E-state index in [4.69, 9.17) is 20.4 Å². The fourth-order valence-electron chi connectivity index (χ4n) is 2.12. The van der Waals surface area contributed by atoms with Crippen molar-refractivity contribution in [1.29, 1.82) is 0 Å². The van der Waals surface area contributed by atoms with Gasteiger partial charge < -0.3 is 25.3 Å². The first kappa shape index (κ1) is 14.6. The highest BCUT2D eigenvalue weighted by atomic mass is 16.5. The van der Waals surface area contributed by atoms with Crippen LogP contribution in [0.15, 0.2) is 23.4 Å². The molecule has 1 aromatic rings. The van der Waals surface area contributed by atoms with Crippen LogP contribution in [-0.4, -0.2) is 55.4 Å². The molecule has 6 nitrogen and oxygen atoms in total. The molecule has 0 saturated carbocycles. The molecule has 3 N–H and O–H groups in total. The van der Waals surface area contributed by atoms with E-state index >= 15 is 0 Å². The predicted octanol–water partition coefficient (Wildman–Crippen LogP) is 0.799. The maximum absolute atomic E-state index is 8.71. The zero-order valence-electron chi connectivity index (χ0n) is 11.9. The van der Waals surface area contributed by atoms with Crippen LogP contribution in [0.2, 0.25) is 0 Å². The highest BCUT2D eigenvalue weighted by Gasteiger charge is 2.18. The molecular formula is C14H21N3O3. The number of nitrogens with zero attached hydrogens (tertiary/aromatic N) is 2. The van der Waals surface area contributed by atoms with Gasteiger partial charge >= 0.3 is 0 Å². The molecule has 1 atom stereocenters. The van der Waals surface area contributed by atoms with E-state index < -0.39 is 0 Å². The maximum Gasteiger partial charge on any atom is 0.170 e. The van der Waals surface area contributed by atoms with Crippen molar-refractivity contribution in [3.05, 3.63) is 29.3 Å². The van der Waals surface area contributed by atoms with Gasteiger partial charge in [0.05, 0.1) is 6.61 Å². The highest BCUT2D eigenvalue weighted by Crippen LogP contribution is 2.20. The minimum absolute atomic E-state index is 0.0701. The first-order chi connectivity index (χ1) is 9.60. The number of oxime groups is 1. The fourth-order valence-corrected chi connectivity index (χ4v) is 2.12. The summed E-state index contributed by atoms with van der Waals surface area (Å²) in [6.45, 7) is 4.99. The Labute approximate surface area is 118 Å². The zero-order valence-corrected chi connectivity index (χ0v) is 11.9. The molecule has 110 valence electrons. The molecule has 6 heteroatoms. The van der Waals surface area contributed by atoms with Crippen molar-refractivity contribution < 1.29 is 14.7 Å². The largest absolute Gasteiger partial charge is 0.491 e. The number of rotatable bonds is 4. The molecular weight excluding hydrogens is 258 g/mol. The number of likely N-dealkylation sites (N-methyl/N-ethyl adjacent to an activating group) is 1. The molecule has 1 aliphatic heterocycles. The van der Waals surface area contributed by atoms with E-state index in [1.54, 1.807) is 12.1 Å². The van der Waals surface area contributed by atoms with Gasteiger partial charge in [-0.3, -0.25) is 0 Å². The SMILES string of the molecule is Cc1ccc(/C(N)=N/O)cc1OCC1CN(C)CCO1. The second-order valence-corrected chi connectivity index (χ2v) is 5.03. The van der Waals surface area contributed by atoms with Gasteiger partial charge in [0.15, 0.2) is 5.84 Å². The van der Waals surface area contributed by atoms with Gasteiger partial charge in [-0.1, -0.05) is 17.3 Å². The predicted molar refractivity (Wildman–Crippen MR) is 76.4 cm³/mol. The number of ether oxygens (including phenoxy) is 2. The third kappa shape index (κ3) is 3.61. The Bertz CT molecular complexity index is 491. The Balaban J connectivity index is 2.01. The molecule has 0 spiro atoms. The van der Waals surface area contributed by atoms with Crippen molar-refractivity contribution in [2.75, 3.05) is 33.4 Å². The topological polar surface area (TPSA) is 80.3 Å². The number of benzene rings is 1. The molecule has 0 aromatic heterocycles. The molecule has 0 radical (unpaired) electrons. The number of aryl methyl sites for hydroxylation is 1. The molecule has 1 aliphatic rings. The van der Waals surface area contributed by atoms with Crippen LogP contribution in [0.5, 0.6) is 5.75 Å². The van der Waals surface area contributed by atoms with Crippen molar-refractivity contribution in [3.63, 3.8) is 0 Å². The Morgan fingerprint density at radius 3 is 3.10 bits per heavy atom. The number of nitrogens with two attached hydrogens (primary N) is 1. The van der Waals surface area contributed by atoms with E-state index in [0.29, 0.717) is 12.2 Å². The van der Waals surface area contributed by atoms with Gasteiger partial charge in [-0.15, -0.1) is 0 Å². The molecule has 0 amide bonds. The molecule has 1 aromatic carbocycles. The van der Waals surface area contributed by atoms with E-state index in [0.717, 1.165) is 31.0 Å². The second kappa shape index (κ2) is 6.58. The van der Waals surface area contributed by atoms with E-state index in [-0.39, 0.29) is 11.9 Å². The summed E-state index contributed by atoms with van der Waals surface area (Å²) in [6, 6.07) is 5.45. The van der Waals surface area contributed by atoms with Gasteiger partial charge in [-0.05, 0) is 25.6 Å². The van der Waals surface area contributed by atoms with E-state index in [2.05, 4.69) is 17.1 Å². The van der Waals surface area contributed by atoms with Crippen LogP contribution in [0.25, 0.3) is 0 Å². The molecule has 0 aliphatic carbocycles. The average molecular weight is 279 g/mol. The molecule has 1 heterocycles. The number of amidine groups is 1. The summed E-state index contributed by atoms with van der Waals surface area (Å²) in [4.78, 5) is 2.22. The number of hydrogen-bond acceptors (Lipinski definition) is 5. The van der Waals surface area contributed by atoms with Crippen molar-refractivity contribution in [2.24, 2.45) is 10.9 Å². The fraction of sp³-hybridized carbons (Fsp3) is 0.500. The summed E-state index contributed by atoms with van der Waals surface area (Å²) in [6.07, 6.45) is 0.0701. The molecule has 0 bridgehead atoms. The zero-order chi connectivity index (χ0) is 14.5. The van der Waals surface area contributed by atoms with Gasteiger partial charge in [0.1, 0.15) is 18.5 Å². The average Bonchev–Trinajstić information content (AvgIpc) is 2.45. The smallest absolute Gasteiger partial charge is 0.170 e. The van der Waals surface area contributed by atoms with Gasteiger partial charge in [-0.2, -0.15) is 0 Å². The number of morpholine rings is 1. The second-order valence-electron chi connectivity index (χ2n) is 5.03. The van der Waals surface area contributed by atoms with Crippen molar-refractivity contribution >= 4 is 5.84 Å². The Morgan fingerprint density at radius 2 is 2.40 bits per heavy atom. The van der Waals surface area contributed by atoms with Crippen molar-refractivity contribution in [3.8, 4) is 5.75 Å². The summed E-state index contributed by atoms with van der Waals surface area (Å²) in [5, 5.41) is 11.7. The van der Waals surface area contributed by atoms with Gasteiger partial charge in [0.25, 0.3) is 0 Å². The van der Waals surface area contributed by atoms with E-state index in [1.165, 1.54) is 0 Å². The monoisotopic (exact) mass is 279 g/mol. The third-order valence-corrected chi connectivity index (χ3v) is 3.36. The molecule has 1 fully saturated rings. The lowest BCUT2D eigenvalue weighted by molar-refractivity contribution is -0.0404. The Kier molecular flexibility index (Phi) is 4.81. The molecule has 2 rings (SSSR count). The standard InChI is InChI=1S/C14H21N3O3/c1-10-3-4-11(14(15)16-18)7-13(10)20-9-12-8-17(2)5-6-19-12/h3-4,7,12,18H,5-6,8-9H2,1-2H3,(H2,15,16). The lowest BCUT2D eigenvalue weighted by Crippen LogP contribution is -2.42. The van der Waals surface area contributed by atoms with Crippen LogP contribution in [0, 0.1) is 6.92 Å². The van der Waals surface area contributed by atoms with E-state index in [1.807, 2.05) is 13.0 Å². The third-order valence-electron chi connectivity index (χ3n) is 3.36. The summed E-state index contributed by atoms with van der Waals surface area (Å²) in [7, 11) is 2.07. The summed E-state index contributed by atoms with van der Waals surface area (Å²) in [5.74, 6) is 0.800. The summed E-state index contributed by atoms with van der Waals surface area (Å²) >= 11 is 0. The quantitative estimate of drug-likeness (QED) is 0.369. The van der Waals surface area contributed by atoms with Crippen LogP contribution < -0.4 is 10.5 Å². The van der Waals surface area contributed by atoms with Crippen molar-refractivity contribution in [1.82, 2.24) is 4.90 Å². The van der Waals surface area contributed by atoms with Crippen molar-refractivity contribution in [2.45, 2.75) is 13.0 Å². The van der Waals surface area contributed by atoms with Gasteiger partial charge in [0.2, 0.25) is 0 Å². The summed E-state index contributed by atoms with van der Waals surface area (Å²) in [5.41, 5.74) is 7.22. The van der Waals surface area contributed by atoms with Crippen LogP contribution in [0.4, 0.5) is 0 Å². The van der Waals surface area contributed by atoms with Crippen LogP contribution >= 0.6 is 0 Å². The molecule has 1 saturated heterocycles. The number of hydrogen-bond donors (Lipinski definition) is 2. The van der Waals surface area contributed by atoms with Gasteiger partial charge in [-0.25, -0.2) is 0 Å². The van der Waals surface area contributed by atoms with Crippen LogP contribution in [-0.2, 0) is 4.74 Å². The molecule has 1 unspecified atom stereocenters. The lowest BCUT2D eigenvalue weighted by atomic mass is 10.1. The maximum atomic E-state index is 8.71. The lowest BCUT2D eigenvalue weighted by Gasteiger charge is -2.30. The highest BCUT2D eigenvalue weighted by molar-refractivity contribution is 5.97. The minimum atomic E-state index is 0.0701. The minimum Gasteiger partial charge on any atom is -0.491 e. The summed E-state index contributed by atoms with van der Waals surface area (Å²) < 4.78 is 11.5. The Hall–Kier alpha value is -1.79. The normalized spacial score (nSPS) is 20.9. The van der Waals surface area contributed by atoms with E-state index in [9.17, 15) is 0 Å². The molecule has 20 heavy (non-hydrogen) atoms. The first-order valence-corrected chi connectivity index (χ1v) is 6.61. The van der Waals surface area contributed by atoms with Crippen LogP contribution in [0.1, 0.15) is 11.1 Å². The Morgan fingerprint density at radius 1 is 1.60 bits per heavy atom. The first-order valence-electron chi connectivity index (χ1n) is 6.61. The van der Waals surface area contributed by atoms with Gasteiger partial charge in [0, 0.05) is 18.7 Å².